The summed E-state index contributed by atoms with van der Waals surface area (Å²) in [4.78, 5) is 22.6. The van der Waals surface area contributed by atoms with Gasteiger partial charge in [-0.15, -0.1) is 0 Å². The van der Waals surface area contributed by atoms with Crippen LogP contribution in [0.3, 0.4) is 0 Å². The molecule has 1 saturated carbocycles. The van der Waals surface area contributed by atoms with E-state index in [1.165, 1.54) is 11.9 Å². The topological polar surface area (TPSA) is 89.4 Å². The lowest BCUT2D eigenvalue weighted by atomic mass is 10.2. The zero-order valence-corrected chi connectivity index (χ0v) is 6.33. The molecule has 0 bridgehead atoms. The molecule has 0 unspecified atom stereocenters. The molecule has 11 heavy (non-hydrogen) atoms. The molecule has 0 radical (unpaired) electrons. The summed E-state index contributed by atoms with van der Waals surface area (Å²) in [6, 6.07) is -0.610. The standard InChI is InChI=1S/C6H11N3O2/c1-9(5(8)11)6(2-3-6)4(7)10/h2-3H2,1H3,(H2,7,10)(H2,8,11). The molecule has 0 aromatic rings. The van der Waals surface area contributed by atoms with Gasteiger partial charge in [0.25, 0.3) is 0 Å². The number of hydrogen-bond donors (Lipinski definition) is 2. The highest BCUT2D eigenvalue weighted by Crippen LogP contribution is 2.40. The van der Waals surface area contributed by atoms with Gasteiger partial charge in [0.1, 0.15) is 5.54 Å². The van der Waals surface area contributed by atoms with Gasteiger partial charge in [-0.2, -0.15) is 0 Å². The van der Waals surface area contributed by atoms with E-state index in [1.807, 2.05) is 0 Å². The average Bonchev–Trinajstić information content (AvgIpc) is 2.65. The van der Waals surface area contributed by atoms with E-state index in [2.05, 4.69) is 0 Å². The predicted molar refractivity (Wildman–Crippen MR) is 38.5 cm³/mol. The molecule has 3 amide bonds. The van der Waals surface area contributed by atoms with E-state index in [0.29, 0.717) is 12.8 Å². The lowest BCUT2D eigenvalue weighted by Crippen LogP contribution is -2.49. The Labute approximate surface area is 64.3 Å². The van der Waals surface area contributed by atoms with Crippen LogP contribution in [0.2, 0.25) is 0 Å². The van der Waals surface area contributed by atoms with Gasteiger partial charge in [-0.3, -0.25) is 4.79 Å². The first-order chi connectivity index (χ1) is 5.00. The predicted octanol–water partition coefficient (Wildman–Crippen LogP) is -0.985. The Bertz CT molecular complexity index is 210. The maximum absolute atomic E-state index is 10.8. The summed E-state index contributed by atoms with van der Waals surface area (Å²) in [5.41, 5.74) is 9.29. The molecule has 0 heterocycles. The summed E-state index contributed by atoms with van der Waals surface area (Å²) in [6.45, 7) is 0. The van der Waals surface area contributed by atoms with E-state index in [-0.39, 0.29) is 0 Å². The number of likely N-dealkylation sites (N-methyl/N-ethyl adjacent to an activating group) is 1. The minimum Gasteiger partial charge on any atom is -0.368 e. The van der Waals surface area contributed by atoms with Crippen LogP contribution in [0.4, 0.5) is 4.79 Å². The molecular formula is C6H11N3O2. The molecule has 1 aliphatic carbocycles. The molecule has 0 aromatic heterocycles. The fourth-order valence-corrected chi connectivity index (χ4v) is 1.08. The lowest BCUT2D eigenvalue weighted by Gasteiger charge is -2.22. The number of carbonyl (C=O) groups excluding carboxylic acids is 2. The highest BCUT2D eigenvalue weighted by molar-refractivity contribution is 5.92. The Morgan fingerprint density at radius 1 is 1.36 bits per heavy atom. The number of nitrogens with zero attached hydrogens (tertiary/aromatic N) is 1. The second-order valence-electron chi connectivity index (χ2n) is 2.79. The van der Waals surface area contributed by atoms with Crippen molar-refractivity contribution in [1.29, 1.82) is 0 Å². The molecule has 1 aliphatic rings. The van der Waals surface area contributed by atoms with Gasteiger partial charge >= 0.3 is 6.03 Å². The van der Waals surface area contributed by atoms with Crippen LogP contribution in [0.25, 0.3) is 0 Å². The van der Waals surface area contributed by atoms with Crippen LogP contribution >= 0.6 is 0 Å². The van der Waals surface area contributed by atoms with Crippen LogP contribution in [0.5, 0.6) is 0 Å². The van der Waals surface area contributed by atoms with Crippen molar-refractivity contribution < 1.29 is 9.59 Å². The Kier molecular flexibility index (Phi) is 1.51. The maximum atomic E-state index is 10.8. The quantitative estimate of drug-likeness (QED) is 0.539. The molecule has 1 rings (SSSR count). The van der Waals surface area contributed by atoms with Gasteiger partial charge in [-0.05, 0) is 12.8 Å². The van der Waals surface area contributed by atoms with Crippen molar-refractivity contribution in [2.24, 2.45) is 11.5 Å². The van der Waals surface area contributed by atoms with Gasteiger partial charge in [-0.25, -0.2) is 4.79 Å². The molecular weight excluding hydrogens is 146 g/mol. The van der Waals surface area contributed by atoms with Gasteiger partial charge in [0, 0.05) is 7.05 Å². The normalized spacial score (nSPS) is 19.0. The highest BCUT2D eigenvalue weighted by Gasteiger charge is 2.53. The number of urea groups is 1. The zero-order chi connectivity index (χ0) is 8.65. The van der Waals surface area contributed by atoms with Gasteiger partial charge < -0.3 is 16.4 Å². The third-order valence-electron chi connectivity index (χ3n) is 2.15. The molecule has 0 saturated heterocycles. The third kappa shape index (κ3) is 1.02. The van der Waals surface area contributed by atoms with Crippen LogP contribution in [0, 0.1) is 0 Å². The summed E-state index contributed by atoms with van der Waals surface area (Å²) in [5, 5.41) is 0. The SMILES string of the molecule is CN(C(N)=O)C1(C(N)=O)CC1. The van der Waals surface area contributed by atoms with E-state index in [4.69, 9.17) is 11.5 Å². The molecule has 1 fully saturated rings. The molecule has 0 aromatic carbocycles. The Morgan fingerprint density at radius 3 is 1.91 bits per heavy atom. The number of amides is 3. The van der Waals surface area contributed by atoms with Crippen molar-refractivity contribution >= 4 is 11.9 Å². The van der Waals surface area contributed by atoms with Crippen LogP contribution < -0.4 is 11.5 Å². The first kappa shape index (κ1) is 7.84. The number of primary amides is 2. The summed E-state index contributed by atoms with van der Waals surface area (Å²) in [5.74, 6) is -0.473. The fraction of sp³-hybridized carbons (Fsp3) is 0.667. The minimum absolute atomic E-state index is 0.473. The molecule has 4 N–H and O–H groups in total. The van der Waals surface area contributed by atoms with E-state index in [0.717, 1.165) is 0 Å². The number of nitrogens with two attached hydrogens (primary N) is 2. The van der Waals surface area contributed by atoms with Crippen molar-refractivity contribution in [3.63, 3.8) is 0 Å². The molecule has 0 spiro atoms. The van der Waals surface area contributed by atoms with Crippen LogP contribution in [-0.2, 0) is 4.79 Å². The Morgan fingerprint density at radius 2 is 1.82 bits per heavy atom. The second kappa shape index (κ2) is 2.11. The Hall–Kier alpha value is -1.26. The maximum Gasteiger partial charge on any atom is 0.315 e. The van der Waals surface area contributed by atoms with E-state index >= 15 is 0 Å². The van der Waals surface area contributed by atoms with Gasteiger partial charge in [-0.1, -0.05) is 0 Å². The number of rotatable bonds is 2. The molecule has 62 valence electrons. The zero-order valence-electron chi connectivity index (χ0n) is 6.33. The monoisotopic (exact) mass is 157 g/mol. The number of hydrogen-bond acceptors (Lipinski definition) is 2. The van der Waals surface area contributed by atoms with Crippen molar-refractivity contribution in [1.82, 2.24) is 4.90 Å². The van der Waals surface area contributed by atoms with E-state index < -0.39 is 17.5 Å². The van der Waals surface area contributed by atoms with E-state index in [1.54, 1.807) is 0 Å². The van der Waals surface area contributed by atoms with Gasteiger partial charge in [0.15, 0.2) is 0 Å². The molecule has 5 heteroatoms. The van der Waals surface area contributed by atoms with Crippen molar-refractivity contribution in [2.75, 3.05) is 7.05 Å². The van der Waals surface area contributed by atoms with Gasteiger partial charge in [0.2, 0.25) is 5.91 Å². The lowest BCUT2D eigenvalue weighted by molar-refractivity contribution is -0.123. The van der Waals surface area contributed by atoms with Crippen LogP contribution in [-0.4, -0.2) is 29.4 Å². The van der Waals surface area contributed by atoms with Crippen LogP contribution in [0.1, 0.15) is 12.8 Å². The number of carbonyl (C=O) groups is 2. The Balaban J connectivity index is 2.73. The largest absolute Gasteiger partial charge is 0.368 e. The first-order valence-electron chi connectivity index (χ1n) is 3.34. The van der Waals surface area contributed by atoms with Crippen molar-refractivity contribution in [3.8, 4) is 0 Å². The highest BCUT2D eigenvalue weighted by atomic mass is 16.2. The van der Waals surface area contributed by atoms with Gasteiger partial charge in [0.05, 0.1) is 0 Å². The second-order valence-corrected chi connectivity index (χ2v) is 2.79. The smallest absolute Gasteiger partial charge is 0.315 e. The average molecular weight is 157 g/mol. The molecule has 0 atom stereocenters. The summed E-state index contributed by atoms with van der Waals surface area (Å²) < 4.78 is 0. The summed E-state index contributed by atoms with van der Waals surface area (Å²) in [7, 11) is 1.49. The van der Waals surface area contributed by atoms with Crippen LogP contribution in [0.15, 0.2) is 0 Å². The van der Waals surface area contributed by atoms with Crippen molar-refractivity contribution in [3.05, 3.63) is 0 Å². The first-order valence-corrected chi connectivity index (χ1v) is 3.34. The van der Waals surface area contributed by atoms with E-state index in [9.17, 15) is 9.59 Å². The third-order valence-corrected chi connectivity index (χ3v) is 2.15. The molecule has 5 nitrogen and oxygen atoms in total. The minimum atomic E-state index is -0.772. The fourth-order valence-electron chi connectivity index (χ4n) is 1.08. The van der Waals surface area contributed by atoms with Crippen molar-refractivity contribution in [2.45, 2.75) is 18.4 Å². The molecule has 0 aliphatic heterocycles. The summed E-state index contributed by atoms with van der Waals surface area (Å²) >= 11 is 0. The summed E-state index contributed by atoms with van der Waals surface area (Å²) in [6.07, 6.45) is 1.25.